The summed E-state index contributed by atoms with van der Waals surface area (Å²) in [7, 11) is 0. The second kappa shape index (κ2) is 11.1. The number of amides is 1. The summed E-state index contributed by atoms with van der Waals surface area (Å²) in [4.78, 5) is 14.9. The van der Waals surface area contributed by atoms with Gasteiger partial charge in [-0.3, -0.25) is 4.79 Å². The van der Waals surface area contributed by atoms with E-state index in [1.165, 1.54) is 19.3 Å². The average molecular weight is 347 g/mol. The third-order valence-corrected chi connectivity index (χ3v) is 4.80. The van der Waals surface area contributed by atoms with Gasteiger partial charge in [-0.25, -0.2) is 0 Å². The van der Waals surface area contributed by atoms with E-state index in [0.29, 0.717) is 0 Å². The zero-order chi connectivity index (χ0) is 17.9. The van der Waals surface area contributed by atoms with E-state index in [1.807, 2.05) is 24.3 Å². The molecule has 1 unspecified atom stereocenters. The molecule has 1 aliphatic rings. The van der Waals surface area contributed by atoms with E-state index in [9.17, 15) is 4.79 Å². The van der Waals surface area contributed by atoms with Crippen molar-refractivity contribution in [3.63, 3.8) is 0 Å². The van der Waals surface area contributed by atoms with E-state index in [4.69, 9.17) is 4.74 Å². The highest BCUT2D eigenvalue weighted by atomic mass is 16.5. The molecule has 1 aromatic rings. The highest BCUT2D eigenvalue weighted by molar-refractivity contribution is 5.92. The van der Waals surface area contributed by atoms with Gasteiger partial charge in [0.1, 0.15) is 5.75 Å². The number of anilines is 1. The number of unbranched alkanes of at least 4 members (excludes halogenated alkanes) is 3. The van der Waals surface area contributed by atoms with Crippen molar-refractivity contribution in [3.8, 4) is 5.75 Å². The molecule has 1 saturated heterocycles. The van der Waals surface area contributed by atoms with Crippen molar-refractivity contribution >= 4 is 11.6 Å². The Morgan fingerprint density at radius 2 is 1.96 bits per heavy atom. The predicted octanol–water partition coefficient (Wildman–Crippen LogP) is 4.71. The molecule has 0 aromatic heterocycles. The molecule has 0 aliphatic carbocycles. The van der Waals surface area contributed by atoms with Crippen LogP contribution >= 0.6 is 0 Å². The Morgan fingerprint density at radius 3 is 2.68 bits per heavy atom. The summed E-state index contributed by atoms with van der Waals surface area (Å²) in [5, 5.41) is 3.06. The van der Waals surface area contributed by atoms with Crippen LogP contribution in [0.3, 0.4) is 0 Å². The van der Waals surface area contributed by atoms with Gasteiger partial charge in [-0.05, 0) is 63.0 Å². The molecule has 1 N–H and O–H groups in total. The molecule has 1 aromatic carbocycles. The monoisotopic (exact) mass is 346 g/mol. The van der Waals surface area contributed by atoms with Gasteiger partial charge in [0, 0.05) is 12.2 Å². The lowest BCUT2D eigenvalue weighted by Crippen LogP contribution is -2.40. The van der Waals surface area contributed by atoms with Crippen LogP contribution in [0.4, 0.5) is 5.69 Å². The fraction of sp³-hybridized carbons (Fsp3) is 0.667. The van der Waals surface area contributed by atoms with Crippen LogP contribution in [0.1, 0.15) is 58.8 Å². The van der Waals surface area contributed by atoms with Gasteiger partial charge in [-0.2, -0.15) is 0 Å². The van der Waals surface area contributed by atoms with Crippen LogP contribution in [-0.2, 0) is 4.79 Å². The van der Waals surface area contributed by atoms with Crippen molar-refractivity contribution in [2.24, 2.45) is 5.92 Å². The second-order valence-electron chi connectivity index (χ2n) is 7.06. The first-order valence-corrected chi connectivity index (χ1v) is 9.99. The lowest BCUT2D eigenvalue weighted by Gasteiger charge is -2.31. The van der Waals surface area contributed by atoms with Crippen LogP contribution in [0.5, 0.6) is 5.75 Å². The molecule has 0 bridgehead atoms. The van der Waals surface area contributed by atoms with Crippen LogP contribution in [0.25, 0.3) is 0 Å². The number of carbonyl (C=O) groups is 1. The minimum absolute atomic E-state index is 0.106. The summed E-state index contributed by atoms with van der Waals surface area (Å²) in [6.07, 6.45) is 8.09. The molecular weight excluding hydrogens is 312 g/mol. The molecule has 0 saturated carbocycles. The number of nitrogens with one attached hydrogen (secondary N) is 1. The maximum Gasteiger partial charge on any atom is 0.228 e. The molecular formula is C21H34N2O2. The third kappa shape index (κ3) is 7.07. The molecule has 4 heteroatoms. The van der Waals surface area contributed by atoms with E-state index >= 15 is 0 Å². The standard InChI is InChI=1S/C21H34N2O2/c1-3-5-6-7-16-25-20-12-10-19(11-13-20)22-21(24)18-9-8-15-23(17-18)14-4-2/h10-13,18H,3-9,14-17H2,1-2H3,(H,22,24). The molecule has 1 amide bonds. The number of piperidine rings is 1. The largest absolute Gasteiger partial charge is 0.494 e. The van der Waals surface area contributed by atoms with Crippen LogP contribution in [0, 0.1) is 5.92 Å². The third-order valence-electron chi connectivity index (χ3n) is 4.80. The molecule has 1 atom stereocenters. The Hall–Kier alpha value is -1.55. The van der Waals surface area contributed by atoms with Crippen LogP contribution in [0.2, 0.25) is 0 Å². The van der Waals surface area contributed by atoms with Crippen molar-refractivity contribution in [1.29, 1.82) is 0 Å². The number of hydrogen-bond acceptors (Lipinski definition) is 3. The number of nitrogens with zero attached hydrogens (tertiary/aromatic N) is 1. The lowest BCUT2D eigenvalue weighted by molar-refractivity contribution is -0.121. The maximum atomic E-state index is 12.5. The highest BCUT2D eigenvalue weighted by Gasteiger charge is 2.25. The maximum absolute atomic E-state index is 12.5. The number of rotatable bonds is 10. The quantitative estimate of drug-likeness (QED) is 0.624. The molecule has 0 spiro atoms. The molecule has 0 radical (unpaired) electrons. The van der Waals surface area contributed by atoms with Gasteiger partial charge in [-0.15, -0.1) is 0 Å². The normalized spacial score (nSPS) is 18.1. The Balaban J connectivity index is 1.75. The lowest BCUT2D eigenvalue weighted by atomic mass is 9.97. The Bertz CT molecular complexity index is 499. The molecule has 4 nitrogen and oxygen atoms in total. The van der Waals surface area contributed by atoms with Crippen LogP contribution < -0.4 is 10.1 Å². The summed E-state index contributed by atoms with van der Waals surface area (Å²) < 4.78 is 5.75. The van der Waals surface area contributed by atoms with E-state index in [2.05, 4.69) is 24.1 Å². The van der Waals surface area contributed by atoms with E-state index in [1.54, 1.807) is 0 Å². The van der Waals surface area contributed by atoms with Gasteiger partial charge < -0.3 is 15.0 Å². The molecule has 1 fully saturated rings. The molecule has 25 heavy (non-hydrogen) atoms. The number of benzene rings is 1. The van der Waals surface area contributed by atoms with Crippen LogP contribution in [-0.4, -0.2) is 37.0 Å². The molecule has 2 rings (SSSR count). The zero-order valence-electron chi connectivity index (χ0n) is 15.9. The zero-order valence-corrected chi connectivity index (χ0v) is 15.9. The van der Waals surface area contributed by atoms with E-state index in [0.717, 1.165) is 63.4 Å². The number of likely N-dealkylation sites (tertiary alicyclic amines) is 1. The average Bonchev–Trinajstić information content (AvgIpc) is 2.63. The predicted molar refractivity (Wildman–Crippen MR) is 104 cm³/mol. The molecule has 1 heterocycles. The Labute approximate surface area is 152 Å². The first kappa shape index (κ1) is 19.8. The summed E-state index contributed by atoms with van der Waals surface area (Å²) >= 11 is 0. The van der Waals surface area contributed by atoms with Crippen LogP contribution in [0.15, 0.2) is 24.3 Å². The summed E-state index contributed by atoms with van der Waals surface area (Å²) in [6.45, 7) is 8.27. The molecule has 1 aliphatic heterocycles. The first-order valence-electron chi connectivity index (χ1n) is 9.99. The van der Waals surface area contributed by atoms with Gasteiger partial charge in [0.05, 0.1) is 12.5 Å². The summed E-state index contributed by atoms with van der Waals surface area (Å²) in [5.74, 6) is 1.13. The van der Waals surface area contributed by atoms with Crippen molar-refractivity contribution < 1.29 is 9.53 Å². The number of ether oxygens (including phenoxy) is 1. The molecule has 140 valence electrons. The fourth-order valence-electron chi connectivity index (χ4n) is 3.39. The van der Waals surface area contributed by atoms with Gasteiger partial charge in [0.2, 0.25) is 5.91 Å². The second-order valence-corrected chi connectivity index (χ2v) is 7.06. The Kier molecular flexibility index (Phi) is 8.81. The van der Waals surface area contributed by atoms with Gasteiger partial charge in [0.25, 0.3) is 0 Å². The summed E-state index contributed by atoms with van der Waals surface area (Å²) in [5.41, 5.74) is 0.857. The number of hydrogen-bond donors (Lipinski definition) is 1. The van der Waals surface area contributed by atoms with Gasteiger partial charge in [0.15, 0.2) is 0 Å². The topological polar surface area (TPSA) is 41.6 Å². The van der Waals surface area contributed by atoms with Crippen molar-refractivity contribution in [3.05, 3.63) is 24.3 Å². The van der Waals surface area contributed by atoms with E-state index < -0.39 is 0 Å². The van der Waals surface area contributed by atoms with Crippen molar-refractivity contribution in [2.45, 2.75) is 58.8 Å². The number of carbonyl (C=O) groups excluding carboxylic acids is 1. The van der Waals surface area contributed by atoms with Gasteiger partial charge >= 0.3 is 0 Å². The first-order chi connectivity index (χ1) is 12.2. The van der Waals surface area contributed by atoms with Crippen molar-refractivity contribution in [1.82, 2.24) is 4.90 Å². The van der Waals surface area contributed by atoms with Gasteiger partial charge in [-0.1, -0.05) is 33.1 Å². The SMILES string of the molecule is CCCCCCOc1ccc(NC(=O)C2CCCN(CCC)C2)cc1. The smallest absolute Gasteiger partial charge is 0.228 e. The highest BCUT2D eigenvalue weighted by Crippen LogP contribution is 2.21. The minimum Gasteiger partial charge on any atom is -0.494 e. The summed E-state index contributed by atoms with van der Waals surface area (Å²) in [6, 6.07) is 7.76. The fourth-order valence-corrected chi connectivity index (χ4v) is 3.39. The minimum atomic E-state index is 0.106. The Morgan fingerprint density at radius 1 is 1.16 bits per heavy atom. The van der Waals surface area contributed by atoms with E-state index in [-0.39, 0.29) is 11.8 Å². The van der Waals surface area contributed by atoms with Crippen molar-refractivity contribution in [2.75, 3.05) is 31.6 Å².